The molecule has 2 aromatic rings. The zero-order valence-corrected chi connectivity index (χ0v) is 12.5. The molecule has 3 rings (SSSR count). The van der Waals surface area contributed by atoms with E-state index in [1.165, 1.54) is 12.8 Å². The summed E-state index contributed by atoms with van der Waals surface area (Å²) in [5.41, 5.74) is 0. The van der Waals surface area contributed by atoms with E-state index >= 15 is 0 Å². The number of rotatable bonds is 6. The summed E-state index contributed by atoms with van der Waals surface area (Å²) in [6.07, 6.45) is 8.02. The van der Waals surface area contributed by atoms with E-state index in [0.717, 1.165) is 32.0 Å². The third-order valence-corrected chi connectivity index (χ3v) is 4.02. The number of hydrogen-bond acceptors (Lipinski definition) is 5. The zero-order chi connectivity index (χ0) is 14.5. The van der Waals surface area contributed by atoms with Crippen LogP contribution in [0.4, 0.5) is 5.82 Å². The minimum absolute atomic E-state index is 0.532. The van der Waals surface area contributed by atoms with Crippen LogP contribution in [0.5, 0.6) is 0 Å². The molecule has 3 heterocycles. The third kappa shape index (κ3) is 3.58. The highest BCUT2D eigenvalue weighted by atomic mass is 15.3. The smallest absolute Gasteiger partial charge is 0.151 e. The first kappa shape index (κ1) is 14.0. The lowest BCUT2D eigenvalue weighted by molar-refractivity contribution is 0.292. The Balaban J connectivity index is 1.53. The maximum absolute atomic E-state index is 4.25. The van der Waals surface area contributed by atoms with Crippen LogP contribution in [0.1, 0.15) is 12.8 Å². The SMILES string of the molecule is CN(CCn1cccn1)CC1CCCN1c1cccnn1. The Bertz CT molecular complexity index is 526. The Morgan fingerprint density at radius 1 is 1.33 bits per heavy atom. The molecule has 0 aliphatic carbocycles. The summed E-state index contributed by atoms with van der Waals surface area (Å²) in [6.45, 7) is 4.07. The molecule has 0 N–H and O–H groups in total. The monoisotopic (exact) mass is 286 g/mol. The van der Waals surface area contributed by atoms with Gasteiger partial charge in [-0.2, -0.15) is 10.2 Å². The van der Waals surface area contributed by atoms with Crippen molar-refractivity contribution in [3.8, 4) is 0 Å². The quantitative estimate of drug-likeness (QED) is 0.800. The molecule has 0 radical (unpaired) electrons. The van der Waals surface area contributed by atoms with Crippen molar-refractivity contribution < 1.29 is 0 Å². The molecule has 112 valence electrons. The van der Waals surface area contributed by atoms with E-state index in [0.29, 0.717) is 6.04 Å². The second kappa shape index (κ2) is 6.67. The van der Waals surface area contributed by atoms with Crippen molar-refractivity contribution in [2.45, 2.75) is 25.4 Å². The van der Waals surface area contributed by atoms with Crippen LogP contribution in [0.15, 0.2) is 36.8 Å². The second-order valence-electron chi connectivity index (χ2n) is 5.60. The van der Waals surface area contributed by atoms with Crippen LogP contribution in [-0.4, -0.2) is 57.6 Å². The largest absolute Gasteiger partial charge is 0.351 e. The lowest BCUT2D eigenvalue weighted by Crippen LogP contribution is -2.40. The molecule has 0 saturated carbocycles. The summed E-state index contributed by atoms with van der Waals surface area (Å²) < 4.78 is 1.98. The summed E-state index contributed by atoms with van der Waals surface area (Å²) in [6, 6.07) is 6.50. The number of likely N-dealkylation sites (N-methyl/N-ethyl adjacent to an activating group) is 1. The molecule has 0 bridgehead atoms. The maximum atomic E-state index is 4.25. The average Bonchev–Trinajstić information content (AvgIpc) is 3.17. The average molecular weight is 286 g/mol. The van der Waals surface area contributed by atoms with Gasteiger partial charge in [0.15, 0.2) is 5.82 Å². The molecule has 2 aromatic heterocycles. The second-order valence-corrected chi connectivity index (χ2v) is 5.60. The Hall–Kier alpha value is -1.95. The van der Waals surface area contributed by atoms with Gasteiger partial charge in [-0.05, 0) is 38.1 Å². The van der Waals surface area contributed by atoms with E-state index in [-0.39, 0.29) is 0 Å². The lowest BCUT2D eigenvalue weighted by Gasteiger charge is -2.29. The Morgan fingerprint density at radius 3 is 3.05 bits per heavy atom. The Labute approximate surface area is 125 Å². The minimum atomic E-state index is 0.532. The molecule has 0 amide bonds. The predicted molar refractivity (Wildman–Crippen MR) is 82.1 cm³/mol. The number of hydrogen-bond donors (Lipinski definition) is 0. The third-order valence-electron chi connectivity index (χ3n) is 4.02. The van der Waals surface area contributed by atoms with Crippen molar-refractivity contribution in [3.05, 3.63) is 36.8 Å². The van der Waals surface area contributed by atoms with Crippen molar-refractivity contribution in [1.29, 1.82) is 0 Å². The summed E-state index contributed by atoms with van der Waals surface area (Å²) in [7, 11) is 2.18. The predicted octanol–water partition coefficient (Wildman–Crippen LogP) is 1.27. The van der Waals surface area contributed by atoms with Crippen LogP contribution in [0.25, 0.3) is 0 Å². The number of anilines is 1. The van der Waals surface area contributed by atoms with Gasteiger partial charge in [0.2, 0.25) is 0 Å². The maximum Gasteiger partial charge on any atom is 0.151 e. The molecule has 1 fully saturated rings. The first-order valence-corrected chi connectivity index (χ1v) is 7.53. The number of nitrogens with zero attached hydrogens (tertiary/aromatic N) is 6. The normalized spacial score (nSPS) is 18.6. The van der Waals surface area contributed by atoms with E-state index < -0.39 is 0 Å². The van der Waals surface area contributed by atoms with E-state index in [2.05, 4.69) is 38.2 Å². The van der Waals surface area contributed by atoms with Gasteiger partial charge < -0.3 is 9.80 Å². The van der Waals surface area contributed by atoms with Crippen LogP contribution in [-0.2, 0) is 6.54 Å². The van der Waals surface area contributed by atoms with Crippen LogP contribution in [0, 0.1) is 0 Å². The van der Waals surface area contributed by atoms with Crippen LogP contribution < -0.4 is 4.90 Å². The van der Waals surface area contributed by atoms with E-state index in [4.69, 9.17) is 0 Å². The number of aromatic nitrogens is 4. The minimum Gasteiger partial charge on any atom is -0.351 e. The highest BCUT2D eigenvalue weighted by molar-refractivity contribution is 5.39. The summed E-state index contributed by atoms with van der Waals surface area (Å²) in [5.74, 6) is 1.00. The van der Waals surface area contributed by atoms with Crippen LogP contribution >= 0.6 is 0 Å². The fraction of sp³-hybridized carbons (Fsp3) is 0.533. The standard InChI is InChI=1S/C15H22N6/c1-19(11-12-20-9-4-8-17-20)13-14-5-3-10-21(14)15-6-2-7-16-18-15/h2,4,6-9,14H,3,5,10-13H2,1H3. The van der Waals surface area contributed by atoms with E-state index in [9.17, 15) is 0 Å². The Morgan fingerprint density at radius 2 is 2.29 bits per heavy atom. The van der Waals surface area contributed by atoms with Crippen molar-refractivity contribution in [2.24, 2.45) is 0 Å². The molecule has 1 unspecified atom stereocenters. The van der Waals surface area contributed by atoms with Crippen molar-refractivity contribution in [1.82, 2.24) is 24.9 Å². The topological polar surface area (TPSA) is 50.1 Å². The summed E-state index contributed by atoms with van der Waals surface area (Å²) >= 11 is 0. The van der Waals surface area contributed by atoms with Gasteiger partial charge in [0, 0.05) is 44.3 Å². The molecule has 1 saturated heterocycles. The van der Waals surface area contributed by atoms with Gasteiger partial charge in [-0.3, -0.25) is 4.68 Å². The molecular formula is C15H22N6. The van der Waals surface area contributed by atoms with E-state index in [1.54, 1.807) is 6.20 Å². The van der Waals surface area contributed by atoms with Crippen LogP contribution in [0.2, 0.25) is 0 Å². The molecule has 0 spiro atoms. The van der Waals surface area contributed by atoms with Gasteiger partial charge in [-0.25, -0.2) is 0 Å². The van der Waals surface area contributed by atoms with Crippen molar-refractivity contribution in [3.63, 3.8) is 0 Å². The van der Waals surface area contributed by atoms with Gasteiger partial charge >= 0.3 is 0 Å². The summed E-state index contributed by atoms with van der Waals surface area (Å²) in [5, 5.41) is 12.5. The molecule has 0 aromatic carbocycles. The molecule has 6 heteroatoms. The van der Waals surface area contributed by atoms with Gasteiger partial charge in [0.25, 0.3) is 0 Å². The summed E-state index contributed by atoms with van der Waals surface area (Å²) in [4.78, 5) is 4.76. The van der Waals surface area contributed by atoms with Gasteiger partial charge in [-0.1, -0.05) is 0 Å². The molecular weight excluding hydrogens is 264 g/mol. The van der Waals surface area contributed by atoms with Crippen molar-refractivity contribution in [2.75, 3.05) is 31.6 Å². The highest BCUT2D eigenvalue weighted by Crippen LogP contribution is 2.23. The van der Waals surface area contributed by atoms with E-state index in [1.807, 2.05) is 29.2 Å². The zero-order valence-electron chi connectivity index (χ0n) is 12.5. The lowest BCUT2D eigenvalue weighted by atomic mass is 10.2. The molecule has 1 atom stereocenters. The molecule has 21 heavy (non-hydrogen) atoms. The first-order chi connectivity index (χ1) is 10.3. The van der Waals surface area contributed by atoms with Crippen LogP contribution in [0.3, 0.4) is 0 Å². The molecule has 6 nitrogen and oxygen atoms in total. The van der Waals surface area contributed by atoms with Gasteiger partial charge in [-0.15, -0.1) is 5.10 Å². The molecule has 1 aliphatic heterocycles. The van der Waals surface area contributed by atoms with Gasteiger partial charge in [0.1, 0.15) is 0 Å². The highest BCUT2D eigenvalue weighted by Gasteiger charge is 2.26. The first-order valence-electron chi connectivity index (χ1n) is 7.53. The molecule has 1 aliphatic rings. The van der Waals surface area contributed by atoms with Crippen molar-refractivity contribution >= 4 is 5.82 Å². The fourth-order valence-electron chi connectivity index (χ4n) is 2.93. The van der Waals surface area contributed by atoms with Gasteiger partial charge in [0.05, 0.1) is 6.54 Å². The fourth-order valence-corrected chi connectivity index (χ4v) is 2.93. The Kier molecular flexibility index (Phi) is 4.45.